The summed E-state index contributed by atoms with van der Waals surface area (Å²) in [6.45, 7) is 2.04. The number of halogens is 1. The fraction of sp³-hybridized carbons (Fsp3) is 0.333. The van der Waals surface area contributed by atoms with Crippen LogP contribution >= 0.6 is 15.9 Å². The van der Waals surface area contributed by atoms with E-state index in [9.17, 15) is 9.90 Å². The van der Waals surface area contributed by atoms with Gasteiger partial charge in [0.05, 0.1) is 11.6 Å². The van der Waals surface area contributed by atoms with Crippen molar-refractivity contribution in [3.63, 3.8) is 0 Å². The molecular formula is C15H17BrN2O2. The molecular weight excluding hydrogens is 320 g/mol. The minimum Gasteiger partial charge on any atom is -0.481 e. The van der Waals surface area contributed by atoms with E-state index in [0.717, 1.165) is 27.8 Å². The smallest absolute Gasteiger partial charge is 0.311 e. The van der Waals surface area contributed by atoms with Gasteiger partial charge in [0.25, 0.3) is 0 Å². The molecule has 0 amide bonds. The van der Waals surface area contributed by atoms with Crippen molar-refractivity contribution in [1.82, 2.24) is 9.78 Å². The number of carboxylic acid groups (broad SMARTS) is 1. The number of hydrogen-bond acceptors (Lipinski definition) is 2. The van der Waals surface area contributed by atoms with Crippen molar-refractivity contribution in [2.45, 2.75) is 25.7 Å². The van der Waals surface area contributed by atoms with E-state index in [-0.39, 0.29) is 0 Å². The topological polar surface area (TPSA) is 55.1 Å². The number of rotatable bonds is 5. The first-order valence-corrected chi connectivity index (χ1v) is 7.30. The summed E-state index contributed by atoms with van der Waals surface area (Å²) in [7, 11) is 1.86. The molecule has 0 spiro atoms. The Morgan fingerprint density at radius 2 is 2.20 bits per heavy atom. The molecule has 1 N–H and O–H groups in total. The van der Waals surface area contributed by atoms with Gasteiger partial charge >= 0.3 is 5.97 Å². The molecule has 0 aliphatic carbocycles. The summed E-state index contributed by atoms with van der Waals surface area (Å²) >= 11 is 3.38. The van der Waals surface area contributed by atoms with Crippen LogP contribution < -0.4 is 0 Å². The zero-order valence-electron chi connectivity index (χ0n) is 11.5. The number of aliphatic carboxylic acids is 1. The van der Waals surface area contributed by atoms with Gasteiger partial charge in [0.1, 0.15) is 0 Å². The zero-order chi connectivity index (χ0) is 14.7. The quantitative estimate of drug-likeness (QED) is 0.912. The number of carbonyl (C=O) groups is 1. The van der Waals surface area contributed by atoms with Crippen molar-refractivity contribution in [2.24, 2.45) is 7.05 Å². The number of hydrogen-bond donors (Lipinski definition) is 1. The van der Waals surface area contributed by atoms with Gasteiger partial charge in [-0.3, -0.25) is 9.48 Å². The third kappa shape index (κ3) is 3.28. The van der Waals surface area contributed by atoms with Gasteiger partial charge in [-0.05, 0) is 30.2 Å². The summed E-state index contributed by atoms with van der Waals surface area (Å²) in [6.07, 6.45) is 1.29. The molecule has 0 bridgehead atoms. The summed E-state index contributed by atoms with van der Waals surface area (Å²) < 4.78 is 2.66. The van der Waals surface area contributed by atoms with E-state index in [1.165, 1.54) is 0 Å². The molecule has 1 aromatic heterocycles. The molecule has 0 saturated heterocycles. The van der Waals surface area contributed by atoms with Crippen LogP contribution in [0.4, 0.5) is 0 Å². The van der Waals surface area contributed by atoms with E-state index in [1.54, 1.807) is 4.68 Å². The van der Waals surface area contributed by atoms with Crippen LogP contribution in [0.3, 0.4) is 0 Å². The highest BCUT2D eigenvalue weighted by atomic mass is 79.9. The second-order valence-corrected chi connectivity index (χ2v) is 5.67. The number of nitrogens with zero attached hydrogens (tertiary/aromatic N) is 2. The summed E-state index contributed by atoms with van der Waals surface area (Å²) in [5.74, 6) is -1.38. The average Bonchev–Trinajstić information content (AvgIpc) is 2.76. The standard InChI is InChI=1S/C15H17BrN2O2/c1-3-12-8-13(18(2)17-12)9-14(15(19)20)10-5-4-6-11(16)7-10/h4-8,14H,3,9H2,1-2H3,(H,19,20). The second kappa shape index (κ2) is 6.22. The first-order valence-electron chi connectivity index (χ1n) is 6.51. The van der Waals surface area contributed by atoms with Gasteiger partial charge in [0, 0.05) is 23.6 Å². The predicted molar refractivity (Wildman–Crippen MR) is 80.8 cm³/mol. The monoisotopic (exact) mass is 336 g/mol. The Balaban J connectivity index is 2.30. The van der Waals surface area contributed by atoms with Crippen molar-refractivity contribution in [3.8, 4) is 0 Å². The molecule has 1 unspecified atom stereocenters. The van der Waals surface area contributed by atoms with E-state index >= 15 is 0 Å². The zero-order valence-corrected chi connectivity index (χ0v) is 13.1. The molecule has 5 heteroatoms. The van der Waals surface area contributed by atoms with Crippen molar-refractivity contribution >= 4 is 21.9 Å². The van der Waals surface area contributed by atoms with Crippen LogP contribution in [-0.2, 0) is 24.7 Å². The first kappa shape index (κ1) is 14.8. The minimum atomic E-state index is -0.817. The Morgan fingerprint density at radius 1 is 1.45 bits per heavy atom. The van der Waals surface area contributed by atoms with E-state index in [4.69, 9.17) is 0 Å². The normalized spacial score (nSPS) is 12.3. The van der Waals surface area contributed by atoms with Crippen LogP contribution in [0.25, 0.3) is 0 Å². The van der Waals surface area contributed by atoms with Gasteiger partial charge in [0.15, 0.2) is 0 Å². The van der Waals surface area contributed by atoms with Gasteiger partial charge in [-0.25, -0.2) is 0 Å². The van der Waals surface area contributed by atoms with Gasteiger partial charge in [-0.2, -0.15) is 5.10 Å². The summed E-state index contributed by atoms with van der Waals surface area (Å²) in [5, 5.41) is 13.9. The summed E-state index contributed by atoms with van der Waals surface area (Å²) in [6, 6.07) is 9.43. The molecule has 1 heterocycles. The van der Waals surface area contributed by atoms with Crippen LogP contribution in [0.5, 0.6) is 0 Å². The Hall–Kier alpha value is -1.62. The molecule has 0 radical (unpaired) electrons. The number of carboxylic acids is 1. The fourth-order valence-electron chi connectivity index (χ4n) is 2.22. The molecule has 20 heavy (non-hydrogen) atoms. The van der Waals surface area contributed by atoms with Crippen LogP contribution in [-0.4, -0.2) is 20.9 Å². The predicted octanol–water partition coefficient (Wildman–Crippen LogP) is 3.16. The molecule has 0 aliphatic rings. The molecule has 4 nitrogen and oxygen atoms in total. The average molecular weight is 337 g/mol. The molecule has 2 aromatic rings. The maximum absolute atomic E-state index is 11.6. The Bertz CT molecular complexity index is 622. The second-order valence-electron chi connectivity index (χ2n) is 4.75. The minimum absolute atomic E-state index is 0.440. The van der Waals surface area contributed by atoms with Crippen molar-refractivity contribution in [3.05, 3.63) is 51.8 Å². The van der Waals surface area contributed by atoms with Crippen molar-refractivity contribution < 1.29 is 9.90 Å². The highest BCUT2D eigenvalue weighted by molar-refractivity contribution is 9.10. The number of benzene rings is 1. The lowest BCUT2D eigenvalue weighted by molar-refractivity contribution is -0.138. The lowest BCUT2D eigenvalue weighted by atomic mass is 9.94. The largest absolute Gasteiger partial charge is 0.481 e. The fourth-order valence-corrected chi connectivity index (χ4v) is 2.63. The van der Waals surface area contributed by atoms with Gasteiger partial charge < -0.3 is 5.11 Å². The third-order valence-corrected chi connectivity index (χ3v) is 3.85. The molecule has 2 rings (SSSR count). The first-order chi connectivity index (χ1) is 9.51. The summed E-state index contributed by atoms with van der Waals surface area (Å²) in [4.78, 5) is 11.6. The maximum atomic E-state index is 11.6. The molecule has 0 saturated carbocycles. The van der Waals surface area contributed by atoms with E-state index in [1.807, 2.05) is 44.3 Å². The molecule has 1 aromatic carbocycles. The SMILES string of the molecule is CCc1cc(CC(C(=O)O)c2cccc(Br)c2)n(C)n1. The van der Waals surface area contributed by atoms with E-state index in [2.05, 4.69) is 21.0 Å². The van der Waals surface area contributed by atoms with Crippen LogP contribution in [0.1, 0.15) is 29.8 Å². The molecule has 106 valence electrons. The van der Waals surface area contributed by atoms with Gasteiger partial charge in [0.2, 0.25) is 0 Å². The van der Waals surface area contributed by atoms with Crippen LogP contribution in [0.15, 0.2) is 34.8 Å². The number of aryl methyl sites for hydroxylation is 2. The van der Waals surface area contributed by atoms with Crippen LogP contribution in [0.2, 0.25) is 0 Å². The highest BCUT2D eigenvalue weighted by Crippen LogP contribution is 2.24. The maximum Gasteiger partial charge on any atom is 0.311 e. The lowest BCUT2D eigenvalue weighted by Crippen LogP contribution is -2.16. The Morgan fingerprint density at radius 3 is 2.75 bits per heavy atom. The molecule has 0 aliphatic heterocycles. The lowest BCUT2D eigenvalue weighted by Gasteiger charge is -2.13. The third-order valence-electron chi connectivity index (χ3n) is 3.35. The highest BCUT2D eigenvalue weighted by Gasteiger charge is 2.22. The Labute approximate surface area is 126 Å². The summed E-state index contributed by atoms with van der Waals surface area (Å²) in [5.41, 5.74) is 2.72. The Kier molecular flexibility index (Phi) is 4.60. The molecule has 0 fully saturated rings. The number of aromatic nitrogens is 2. The van der Waals surface area contributed by atoms with Crippen LogP contribution in [0, 0.1) is 0 Å². The van der Waals surface area contributed by atoms with Gasteiger partial charge in [-0.15, -0.1) is 0 Å². The van der Waals surface area contributed by atoms with Crippen molar-refractivity contribution in [2.75, 3.05) is 0 Å². The van der Waals surface area contributed by atoms with E-state index < -0.39 is 11.9 Å². The van der Waals surface area contributed by atoms with Gasteiger partial charge in [-0.1, -0.05) is 35.0 Å². The van der Waals surface area contributed by atoms with Crippen molar-refractivity contribution in [1.29, 1.82) is 0 Å². The molecule has 1 atom stereocenters. The van der Waals surface area contributed by atoms with E-state index in [0.29, 0.717) is 6.42 Å².